The largest absolute Gasteiger partial charge is 0.381 e. The van der Waals surface area contributed by atoms with Gasteiger partial charge in [0.05, 0.1) is 23.1 Å². The summed E-state index contributed by atoms with van der Waals surface area (Å²) in [5.41, 5.74) is 1.90. The molecule has 0 bridgehead atoms. The molecule has 0 aliphatic carbocycles. The van der Waals surface area contributed by atoms with Gasteiger partial charge in [0.1, 0.15) is 5.82 Å². The minimum Gasteiger partial charge on any atom is -0.381 e. The summed E-state index contributed by atoms with van der Waals surface area (Å²) in [5, 5.41) is 6.62. The molecule has 2 heterocycles. The van der Waals surface area contributed by atoms with Gasteiger partial charge in [-0.1, -0.05) is 26.0 Å². The molecule has 6 nitrogen and oxygen atoms in total. The molecule has 0 saturated carbocycles. The third-order valence-electron chi connectivity index (χ3n) is 4.76. The second kappa shape index (κ2) is 7.97. The summed E-state index contributed by atoms with van der Waals surface area (Å²) in [4.78, 5) is 20.7. The van der Waals surface area contributed by atoms with Gasteiger partial charge in [0.15, 0.2) is 0 Å². The Labute approximate surface area is 148 Å². The maximum Gasteiger partial charge on any atom is 0.237 e. The van der Waals surface area contributed by atoms with Crippen molar-refractivity contribution in [3.8, 4) is 0 Å². The van der Waals surface area contributed by atoms with Crippen molar-refractivity contribution in [1.29, 1.82) is 0 Å². The molecule has 1 saturated heterocycles. The monoisotopic (exact) mass is 344 g/mol. The van der Waals surface area contributed by atoms with Gasteiger partial charge in [-0.2, -0.15) is 0 Å². The van der Waals surface area contributed by atoms with Crippen LogP contribution < -0.4 is 10.6 Å². The topological polar surface area (TPSA) is 79.0 Å². The lowest BCUT2D eigenvalue weighted by Crippen LogP contribution is -2.52. The number of hydrogen-bond donors (Lipinski definition) is 3. The van der Waals surface area contributed by atoms with Gasteiger partial charge in [0, 0.05) is 19.3 Å². The van der Waals surface area contributed by atoms with E-state index in [4.69, 9.17) is 4.74 Å². The van der Waals surface area contributed by atoms with E-state index in [2.05, 4.69) is 34.4 Å². The van der Waals surface area contributed by atoms with Gasteiger partial charge in [-0.3, -0.25) is 4.79 Å². The normalized spacial score (nSPS) is 18.4. The molecule has 2 aromatic rings. The Morgan fingerprint density at radius 2 is 1.96 bits per heavy atom. The lowest BCUT2D eigenvalue weighted by Gasteiger charge is -2.30. The lowest BCUT2D eigenvalue weighted by atomic mass is 9.99. The molecule has 0 spiro atoms. The number of carbonyl (C=O) groups is 1. The minimum absolute atomic E-state index is 0.0226. The molecular weight excluding hydrogens is 316 g/mol. The maximum atomic E-state index is 12.8. The zero-order valence-electron chi connectivity index (χ0n) is 15.2. The number of aromatic nitrogens is 2. The second-order valence-corrected chi connectivity index (χ2v) is 7.14. The first-order valence-corrected chi connectivity index (χ1v) is 9.13. The number of H-pyrrole nitrogens is 1. The highest BCUT2D eigenvalue weighted by atomic mass is 16.5. The minimum atomic E-state index is -0.213. The number of imidazole rings is 1. The second-order valence-electron chi connectivity index (χ2n) is 7.14. The van der Waals surface area contributed by atoms with Crippen LogP contribution in [0.3, 0.4) is 0 Å². The summed E-state index contributed by atoms with van der Waals surface area (Å²) >= 11 is 0. The molecule has 2 atom stereocenters. The molecule has 1 aromatic heterocycles. The van der Waals surface area contributed by atoms with Crippen molar-refractivity contribution in [3.63, 3.8) is 0 Å². The van der Waals surface area contributed by atoms with Crippen molar-refractivity contribution in [3.05, 3.63) is 30.1 Å². The summed E-state index contributed by atoms with van der Waals surface area (Å²) in [5.74, 6) is 1.02. The number of benzene rings is 1. The molecular formula is C19H28N4O2. The first-order chi connectivity index (χ1) is 12.0. The van der Waals surface area contributed by atoms with Crippen molar-refractivity contribution >= 4 is 16.9 Å². The molecule has 1 aromatic carbocycles. The van der Waals surface area contributed by atoms with E-state index in [0.717, 1.165) is 42.9 Å². The van der Waals surface area contributed by atoms with Crippen LogP contribution in [0.25, 0.3) is 11.0 Å². The molecule has 1 aliphatic rings. The van der Waals surface area contributed by atoms with Crippen LogP contribution in [0, 0.1) is 5.92 Å². The molecule has 136 valence electrons. The van der Waals surface area contributed by atoms with Gasteiger partial charge >= 0.3 is 0 Å². The molecule has 1 fully saturated rings. The SMILES string of the molecule is CC(C)[C@H](NC1CCOCC1)C(=O)N[C@H](C)c1nc2ccccc2[nH]1. The molecule has 3 N–H and O–H groups in total. The summed E-state index contributed by atoms with van der Waals surface area (Å²) in [6.07, 6.45) is 1.91. The zero-order valence-corrected chi connectivity index (χ0v) is 15.2. The van der Waals surface area contributed by atoms with Crippen molar-refractivity contribution < 1.29 is 9.53 Å². The molecule has 1 aliphatic heterocycles. The van der Waals surface area contributed by atoms with Gasteiger partial charge in [-0.15, -0.1) is 0 Å². The van der Waals surface area contributed by atoms with Gasteiger partial charge < -0.3 is 20.4 Å². The zero-order chi connectivity index (χ0) is 17.8. The fourth-order valence-corrected chi connectivity index (χ4v) is 3.24. The smallest absolute Gasteiger partial charge is 0.237 e. The fourth-order valence-electron chi connectivity index (χ4n) is 3.24. The lowest BCUT2D eigenvalue weighted by molar-refractivity contribution is -0.125. The third-order valence-corrected chi connectivity index (χ3v) is 4.76. The average Bonchev–Trinajstić information content (AvgIpc) is 3.04. The van der Waals surface area contributed by atoms with E-state index in [-0.39, 0.29) is 23.9 Å². The number of para-hydroxylation sites is 2. The van der Waals surface area contributed by atoms with Crippen molar-refractivity contribution in [2.75, 3.05) is 13.2 Å². The number of nitrogens with zero attached hydrogens (tertiary/aromatic N) is 1. The molecule has 0 unspecified atom stereocenters. The quantitative estimate of drug-likeness (QED) is 0.752. The fraction of sp³-hybridized carbons (Fsp3) is 0.579. The Bertz CT molecular complexity index is 673. The number of amides is 1. The maximum absolute atomic E-state index is 12.8. The molecule has 6 heteroatoms. The van der Waals surface area contributed by atoms with Crippen LogP contribution in [-0.4, -0.2) is 41.2 Å². The van der Waals surface area contributed by atoms with Crippen LogP contribution in [0.1, 0.15) is 45.5 Å². The van der Waals surface area contributed by atoms with Crippen molar-refractivity contribution in [2.24, 2.45) is 5.92 Å². The van der Waals surface area contributed by atoms with E-state index in [1.807, 2.05) is 31.2 Å². The number of rotatable bonds is 6. The number of carbonyl (C=O) groups excluding carboxylic acids is 1. The Morgan fingerprint density at radius 3 is 2.64 bits per heavy atom. The van der Waals surface area contributed by atoms with Gasteiger partial charge in [-0.25, -0.2) is 4.98 Å². The number of fused-ring (bicyclic) bond motifs is 1. The van der Waals surface area contributed by atoms with Crippen LogP contribution in [0.2, 0.25) is 0 Å². The first-order valence-electron chi connectivity index (χ1n) is 9.13. The number of ether oxygens (including phenoxy) is 1. The van der Waals surface area contributed by atoms with E-state index >= 15 is 0 Å². The van der Waals surface area contributed by atoms with Crippen LogP contribution >= 0.6 is 0 Å². The third kappa shape index (κ3) is 4.38. The van der Waals surface area contributed by atoms with E-state index in [1.54, 1.807) is 0 Å². The molecule has 1 amide bonds. The Balaban J connectivity index is 1.65. The van der Waals surface area contributed by atoms with Crippen LogP contribution in [-0.2, 0) is 9.53 Å². The highest BCUT2D eigenvalue weighted by Gasteiger charge is 2.27. The van der Waals surface area contributed by atoms with Crippen molar-refractivity contribution in [2.45, 2.75) is 51.7 Å². The summed E-state index contributed by atoms with van der Waals surface area (Å²) in [6.45, 7) is 7.63. The van der Waals surface area contributed by atoms with Crippen LogP contribution in [0.15, 0.2) is 24.3 Å². The summed E-state index contributed by atoms with van der Waals surface area (Å²) < 4.78 is 5.40. The first kappa shape index (κ1) is 17.9. The predicted octanol–water partition coefficient (Wildman–Crippen LogP) is 2.53. The van der Waals surface area contributed by atoms with E-state index < -0.39 is 0 Å². The summed E-state index contributed by atoms with van der Waals surface area (Å²) in [6, 6.07) is 7.85. The van der Waals surface area contributed by atoms with E-state index in [9.17, 15) is 4.79 Å². The predicted molar refractivity (Wildman–Crippen MR) is 98.3 cm³/mol. The van der Waals surface area contributed by atoms with Crippen molar-refractivity contribution in [1.82, 2.24) is 20.6 Å². The highest BCUT2D eigenvalue weighted by molar-refractivity contribution is 5.82. The van der Waals surface area contributed by atoms with Gasteiger partial charge in [-0.05, 0) is 37.8 Å². The average molecular weight is 344 g/mol. The number of nitrogens with one attached hydrogen (secondary N) is 3. The Morgan fingerprint density at radius 1 is 1.24 bits per heavy atom. The number of aromatic amines is 1. The van der Waals surface area contributed by atoms with E-state index in [1.165, 1.54) is 0 Å². The standard InChI is InChI=1S/C19H28N4O2/c1-12(2)17(21-14-8-10-25-11-9-14)19(24)20-13(3)18-22-15-6-4-5-7-16(15)23-18/h4-7,12-14,17,21H,8-11H2,1-3H3,(H,20,24)(H,22,23)/t13-,17+/m1/s1. The van der Waals surface area contributed by atoms with Gasteiger partial charge in [0.2, 0.25) is 5.91 Å². The molecule has 3 rings (SSSR count). The summed E-state index contributed by atoms with van der Waals surface area (Å²) in [7, 11) is 0. The highest BCUT2D eigenvalue weighted by Crippen LogP contribution is 2.17. The van der Waals surface area contributed by atoms with Crippen LogP contribution in [0.4, 0.5) is 0 Å². The Hall–Kier alpha value is -1.92. The Kier molecular flexibility index (Phi) is 5.71. The van der Waals surface area contributed by atoms with Gasteiger partial charge in [0.25, 0.3) is 0 Å². The number of hydrogen-bond acceptors (Lipinski definition) is 4. The van der Waals surface area contributed by atoms with E-state index in [0.29, 0.717) is 6.04 Å². The van der Waals surface area contributed by atoms with Crippen LogP contribution in [0.5, 0.6) is 0 Å². The molecule has 25 heavy (non-hydrogen) atoms. The molecule has 0 radical (unpaired) electrons.